The molecule has 2 aliphatic rings. The van der Waals surface area contributed by atoms with E-state index in [0.717, 1.165) is 24.8 Å². The minimum absolute atomic E-state index is 0.0376. The Morgan fingerprint density at radius 2 is 2.15 bits per heavy atom. The summed E-state index contributed by atoms with van der Waals surface area (Å²) in [5.41, 5.74) is 6.57. The Labute approximate surface area is 118 Å². The molecule has 3 rings (SSSR count). The van der Waals surface area contributed by atoms with Crippen molar-refractivity contribution >= 4 is 5.91 Å². The van der Waals surface area contributed by atoms with Crippen molar-refractivity contribution in [1.29, 1.82) is 0 Å². The first-order valence-corrected chi connectivity index (χ1v) is 7.11. The van der Waals surface area contributed by atoms with E-state index in [1.54, 1.807) is 0 Å². The summed E-state index contributed by atoms with van der Waals surface area (Å²) in [4.78, 5) is 11.9. The molecule has 1 amide bonds. The lowest BCUT2D eigenvalue weighted by molar-refractivity contribution is -0.124. The molecule has 5 nitrogen and oxygen atoms in total. The predicted molar refractivity (Wildman–Crippen MR) is 74.3 cm³/mol. The first-order valence-electron chi connectivity index (χ1n) is 7.11. The van der Waals surface area contributed by atoms with Gasteiger partial charge in [-0.1, -0.05) is 12.1 Å². The van der Waals surface area contributed by atoms with Crippen molar-refractivity contribution < 1.29 is 14.3 Å². The molecule has 2 fully saturated rings. The van der Waals surface area contributed by atoms with Gasteiger partial charge in [0.15, 0.2) is 6.61 Å². The molecule has 2 saturated heterocycles. The van der Waals surface area contributed by atoms with E-state index in [-0.39, 0.29) is 24.7 Å². The highest BCUT2D eigenvalue weighted by atomic mass is 16.5. The molecule has 0 aliphatic carbocycles. The minimum Gasteiger partial charge on any atom is -0.484 e. The number of carbonyl (C=O) groups excluding carboxylic acids is 1. The van der Waals surface area contributed by atoms with Gasteiger partial charge in [0.25, 0.3) is 5.91 Å². The highest BCUT2D eigenvalue weighted by Crippen LogP contribution is 2.34. The summed E-state index contributed by atoms with van der Waals surface area (Å²) < 4.78 is 11.2. The maximum Gasteiger partial charge on any atom is 0.258 e. The second kappa shape index (κ2) is 5.81. The maximum atomic E-state index is 11.9. The molecule has 0 spiro atoms. The molecule has 2 bridgehead atoms. The maximum absolute atomic E-state index is 11.9. The number of rotatable bonds is 5. The van der Waals surface area contributed by atoms with Crippen molar-refractivity contribution in [3.8, 4) is 5.75 Å². The largest absolute Gasteiger partial charge is 0.484 e. The SMILES string of the molecule is NCc1ccc(OCC(=O)NC2CC3CCC2O3)cc1. The van der Waals surface area contributed by atoms with E-state index in [1.807, 2.05) is 24.3 Å². The molecule has 1 aromatic rings. The molecular formula is C15H20N2O3. The van der Waals surface area contributed by atoms with Crippen LogP contribution in [0.1, 0.15) is 24.8 Å². The highest BCUT2D eigenvalue weighted by Gasteiger charge is 2.41. The number of ether oxygens (including phenoxy) is 2. The van der Waals surface area contributed by atoms with Crippen LogP contribution >= 0.6 is 0 Å². The zero-order chi connectivity index (χ0) is 13.9. The normalized spacial score (nSPS) is 27.6. The molecule has 3 unspecified atom stereocenters. The smallest absolute Gasteiger partial charge is 0.258 e. The number of amides is 1. The van der Waals surface area contributed by atoms with E-state index in [9.17, 15) is 4.79 Å². The van der Waals surface area contributed by atoms with Gasteiger partial charge in [0.2, 0.25) is 0 Å². The van der Waals surface area contributed by atoms with E-state index >= 15 is 0 Å². The monoisotopic (exact) mass is 276 g/mol. The fraction of sp³-hybridized carbons (Fsp3) is 0.533. The summed E-state index contributed by atoms with van der Waals surface area (Å²) in [6, 6.07) is 7.62. The van der Waals surface area contributed by atoms with Gasteiger partial charge in [-0.15, -0.1) is 0 Å². The van der Waals surface area contributed by atoms with Crippen LogP contribution in [0.2, 0.25) is 0 Å². The Kier molecular flexibility index (Phi) is 3.89. The number of nitrogens with two attached hydrogens (primary N) is 1. The van der Waals surface area contributed by atoms with Crippen LogP contribution in [0.4, 0.5) is 0 Å². The van der Waals surface area contributed by atoms with Crippen molar-refractivity contribution in [1.82, 2.24) is 5.32 Å². The van der Waals surface area contributed by atoms with E-state index in [1.165, 1.54) is 0 Å². The zero-order valence-corrected chi connectivity index (χ0v) is 11.4. The lowest BCUT2D eigenvalue weighted by Gasteiger charge is -2.20. The van der Waals surface area contributed by atoms with E-state index < -0.39 is 0 Å². The van der Waals surface area contributed by atoms with Crippen LogP contribution in [0, 0.1) is 0 Å². The zero-order valence-electron chi connectivity index (χ0n) is 11.4. The number of fused-ring (bicyclic) bond motifs is 2. The quantitative estimate of drug-likeness (QED) is 0.840. The lowest BCUT2D eigenvalue weighted by atomic mass is 9.95. The van der Waals surface area contributed by atoms with Crippen LogP contribution in [0.5, 0.6) is 5.75 Å². The van der Waals surface area contributed by atoms with Gasteiger partial charge in [0.05, 0.1) is 18.2 Å². The van der Waals surface area contributed by atoms with Crippen molar-refractivity contribution in [2.24, 2.45) is 5.73 Å². The van der Waals surface area contributed by atoms with E-state index in [4.69, 9.17) is 15.2 Å². The number of benzene rings is 1. The third-order valence-corrected chi connectivity index (χ3v) is 3.98. The van der Waals surface area contributed by atoms with Crippen molar-refractivity contribution in [2.45, 2.75) is 44.1 Å². The van der Waals surface area contributed by atoms with E-state index in [0.29, 0.717) is 18.4 Å². The molecule has 20 heavy (non-hydrogen) atoms. The number of hydrogen-bond acceptors (Lipinski definition) is 4. The molecule has 0 saturated carbocycles. The Morgan fingerprint density at radius 3 is 2.75 bits per heavy atom. The van der Waals surface area contributed by atoms with Gasteiger partial charge in [-0.05, 0) is 37.0 Å². The van der Waals surface area contributed by atoms with E-state index in [2.05, 4.69) is 5.32 Å². The Balaban J connectivity index is 1.44. The second-order valence-electron chi connectivity index (χ2n) is 5.42. The molecule has 3 N–H and O–H groups in total. The van der Waals surface area contributed by atoms with Crippen LogP contribution in [0.25, 0.3) is 0 Å². The Bertz CT molecular complexity index is 475. The summed E-state index contributed by atoms with van der Waals surface area (Å²) in [5, 5.41) is 2.99. The summed E-state index contributed by atoms with van der Waals surface area (Å²) >= 11 is 0. The molecule has 2 heterocycles. The van der Waals surface area contributed by atoms with Gasteiger partial charge < -0.3 is 20.5 Å². The van der Waals surface area contributed by atoms with Crippen LogP contribution in [0.15, 0.2) is 24.3 Å². The molecule has 0 radical (unpaired) electrons. The molecule has 108 valence electrons. The molecule has 3 atom stereocenters. The van der Waals surface area contributed by atoms with Gasteiger partial charge in [0.1, 0.15) is 5.75 Å². The van der Waals surface area contributed by atoms with Gasteiger partial charge >= 0.3 is 0 Å². The topological polar surface area (TPSA) is 73.6 Å². The van der Waals surface area contributed by atoms with Gasteiger partial charge in [-0.25, -0.2) is 0 Å². The third-order valence-electron chi connectivity index (χ3n) is 3.98. The Hall–Kier alpha value is -1.59. The molecule has 2 aliphatic heterocycles. The second-order valence-corrected chi connectivity index (χ2v) is 5.42. The van der Waals surface area contributed by atoms with Crippen LogP contribution in [-0.4, -0.2) is 30.8 Å². The minimum atomic E-state index is -0.0888. The summed E-state index contributed by atoms with van der Waals surface area (Å²) in [6.45, 7) is 0.543. The number of hydrogen-bond donors (Lipinski definition) is 2. The first-order chi connectivity index (χ1) is 9.74. The highest BCUT2D eigenvalue weighted by molar-refractivity contribution is 5.78. The molecular weight excluding hydrogens is 256 g/mol. The first kappa shape index (κ1) is 13.4. The molecule has 0 aromatic heterocycles. The van der Waals surface area contributed by atoms with Gasteiger partial charge in [-0.2, -0.15) is 0 Å². The summed E-state index contributed by atoms with van der Waals surface area (Å²) in [5.74, 6) is 0.593. The average molecular weight is 276 g/mol. The van der Waals surface area contributed by atoms with Gasteiger partial charge in [0, 0.05) is 6.54 Å². The lowest BCUT2D eigenvalue weighted by Crippen LogP contribution is -2.43. The molecule has 5 heteroatoms. The third kappa shape index (κ3) is 2.94. The van der Waals surface area contributed by atoms with Crippen LogP contribution < -0.4 is 15.8 Å². The van der Waals surface area contributed by atoms with Crippen LogP contribution in [-0.2, 0) is 16.1 Å². The standard InChI is InChI=1S/C15H20N2O3/c16-8-10-1-3-11(4-2-10)19-9-15(18)17-13-7-12-5-6-14(13)20-12/h1-4,12-14H,5-9,16H2,(H,17,18). The van der Waals surface area contributed by atoms with Crippen molar-refractivity contribution in [3.63, 3.8) is 0 Å². The average Bonchev–Trinajstić information content (AvgIpc) is 3.08. The van der Waals surface area contributed by atoms with Crippen molar-refractivity contribution in [2.75, 3.05) is 6.61 Å². The number of carbonyl (C=O) groups is 1. The van der Waals surface area contributed by atoms with Crippen LogP contribution in [0.3, 0.4) is 0 Å². The Morgan fingerprint density at radius 1 is 1.35 bits per heavy atom. The molecule has 1 aromatic carbocycles. The summed E-state index contributed by atoms with van der Waals surface area (Å²) in [7, 11) is 0. The predicted octanol–water partition coefficient (Wildman–Crippen LogP) is 0.960. The van der Waals surface area contributed by atoms with Crippen molar-refractivity contribution in [3.05, 3.63) is 29.8 Å². The number of nitrogens with one attached hydrogen (secondary N) is 1. The fourth-order valence-corrected chi connectivity index (χ4v) is 2.91. The summed E-state index contributed by atoms with van der Waals surface area (Å²) in [6.07, 6.45) is 3.66. The van der Waals surface area contributed by atoms with Gasteiger partial charge in [-0.3, -0.25) is 4.79 Å². The fourth-order valence-electron chi connectivity index (χ4n) is 2.91.